The summed E-state index contributed by atoms with van der Waals surface area (Å²) in [4.78, 5) is 2.60. The minimum Gasteiger partial charge on any atom is -0.497 e. The number of ether oxygens (including phenoxy) is 1. The van der Waals surface area contributed by atoms with Gasteiger partial charge < -0.3 is 9.64 Å². The molecule has 1 saturated carbocycles. The van der Waals surface area contributed by atoms with E-state index in [0.29, 0.717) is 10.9 Å². The van der Waals surface area contributed by atoms with Gasteiger partial charge >= 0.3 is 0 Å². The van der Waals surface area contributed by atoms with Gasteiger partial charge in [0.15, 0.2) is 0 Å². The lowest BCUT2D eigenvalue weighted by Crippen LogP contribution is -2.41. The molecule has 0 saturated heterocycles. The molecule has 5 nitrogen and oxygen atoms in total. The van der Waals surface area contributed by atoms with Crippen molar-refractivity contribution in [1.29, 1.82) is 0 Å². The molecular weight excluding hydrogens is 432 g/mol. The average molecular weight is 467 g/mol. The molecule has 1 aliphatic heterocycles. The molecule has 2 aliphatic rings. The van der Waals surface area contributed by atoms with Crippen LogP contribution in [0.25, 0.3) is 0 Å². The van der Waals surface area contributed by atoms with Crippen LogP contribution < -0.4 is 9.46 Å². The van der Waals surface area contributed by atoms with Gasteiger partial charge in [-0.2, -0.15) is 0 Å². The van der Waals surface area contributed by atoms with Crippen LogP contribution >= 0.6 is 0 Å². The second-order valence-electron chi connectivity index (χ2n) is 9.05. The van der Waals surface area contributed by atoms with E-state index in [2.05, 4.69) is 40.6 Å². The van der Waals surface area contributed by atoms with Crippen LogP contribution in [0, 0.1) is 12.0 Å². The van der Waals surface area contributed by atoms with Crippen molar-refractivity contribution < 1.29 is 13.2 Å². The molecule has 0 spiro atoms. The van der Waals surface area contributed by atoms with Gasteiger partial charge in [0.1, 0.15) is 5.75 Å². The van der Waals surface area contributed by atoms with Crippen molar-refractivity contribution in [3.63, 3.8) is 0 Å². The molecule has 33 heavy (non-hydrogen) atoms. The molecule has 2 aromatic rings. The van der Waals surface area contributed by atoms with Crippen LogP contribution in [0.15, 0.2) is 47.4 Å². The summed E-state index contributed by atoms with van der Waals surface area (Å²) < 4.78 is 33.9. The SMILES string of the molecule is CC#CN1[C@@H](CCCC)Cc2cc(OC)ccc2[C@@H]1c1ccc(S(=O)(=O)NC2CCC2)cc1. The molecule has 2 atom stereocenters. The molecule has 1 aliphatic carbocycles. The molecule has 0 bridgehead atoms. The summed E-state index contributed by atoms with van der Waals surface area (Å²) in [6.07, 6.45) is 7.20. The zero-order valence-electron chi connectivity index (χ0n) is 19.8. The van der Waals surface area contributed by atoms with Crippen molar-refractivity contribution in [2.24, 2.45) is 0 Å². The fraction of sp³-hybridized carbons (Fsp3) is 0.481. The zero-order chi connectivity index (χ0) is 23.4. The van der Waals surface area contributed by atoms with Crippen LogP contribution in [0.4, 0.5) is 0 Å². The van der Waals surface area contributed by atoms with Crippen LogP contribution in [-0.4, -0.2) is 32.5 Å². The number of hydrogen-bond acceptors (Lipinski definition) is 4. The highest BCUT2D eigenvalue weighted by Gasteiger charge is 2.34. The maximum atomic E-state index is 12.8. The standard InChI is InChI=1S/C27H34N2O3S/c1-4-6-10-23-18-21-19-24(32-3)13-16-26(21)27(29(23)17-5-2)20-11-14-25(15-12-20)33(30,31)28-22-8-7-9-22/h11-16,19,22-23,27-28H,4,6-10,18H2,1-3H3/t23-,27-/m0/s1. The van der Waals surface area contributed by atoms with E-state index < -0.39 is 10.0 Å². The van der Waals surface area contributed by atoms with Gasteiger partial charge in [0, 0.05) is 18.1 Å². The van der Waals surface area contributed by atoms with Crippen LogP contribution in [0.2, 0.25) is 0 Å². The lowest BCUT2D eigenvalue weighted by Gasteiger charge is -2.42. The zero-order valence-corrected chi connectivity index (χ0v) is 20.6. The molecular formula is C27H34N2O3S. The van der Waals surface area contributed by atoms with E-state index in [1.54, 1.807) is 19.2 Å². The van der Waals surface area contributed by atoms with Gasteiger partial charge in [0.05, 0.1) is 18.0 Å². The van der Waals surface area contributed by atoms with E-state index in [-0.39, 0.29) is 12.1 Å². The Morgan fingerprint density at radius 2 is 1.91 bits per heavy atom. The summed E-state index contributed by atoms with van der Waals surface area (Å²) in [5.41, 5.74) is 3.53. The predicted octanol–water partition coefficient (Wildman–Crippen LogP) is 5.01. The summed E-state index contributed by atoms with van der Waals surface area (Å²) in [6, 6.07) is 17.3. The first kappa shape index (κ1) is 23.7. The van der Waals surface area contributed by atoms with Crippen molar-refractivity contribution in [3.05, 3.63) is 59.2 Å². The minimum absolute atomic E-state index is 0.0506. The smallest absolute Gasteiger partial charge is 0.240 e. The Kier molecular flexibility index (Phi) is 7.31. The monoisotopic (exact) mass is 466 g/mol. The second kappa shape index (κ2) is 10.2. The summed E-state index contributed by atoms with van der Waals surface area (Å²) in [5, 5.41) is 0. The van der Waals surface area contributed by atoms with Crippen molar-refractivity contribution in [1.82, 2.24) is 9.62 Å². The number of nitrogens with one attached hydrogen (secondary N) is 1. The Bertz CT molecular complexity index is 1130. The first-order valence-corrected chi connectivity index (χ1v) is 13.4. The highest BCUT2D eigenvalue weighted by Crippen LogP contribution is 2.40. The van der Waals surface area contributed by atoms with Gasteiger partial charge in [-0.1, -0.05) is 50.3 Å². The van der Waals surface area contributed by atoms with E-state index in [4.69, 9.17) is 4.74 Å². The van der Waals surface area contributed by atoms with Crippen LogP contribution in [-0.2, 0) is 16.4 Å². The maximum Gasteiger partial charge on any atom is 0.240 e. The predicted molar refractivity (Wildman–Crippen MR) is 132 cm³/mol. The molecule has 4 rings (SSSR count). The number of benzene rings is 2. The number of nitrogens with zero attached hydrogens (tertiary/aromatic N) is 1. The highest BCUT2D eigenvalue weighted by atomic mass is 32.2. The van der Waals surface area contributed by atoms with Crippen molar-refractivity contribution in [3.8, 4) is 17.7 Å². The number of hydrogen-bond donors (Lipinski definition) is 1. The van der Waals surface area contributed by atoms with Gasteiger partial charge in [-0.25, -0.2) is 13.1 Å². The van der Waals surface area contributed by atoms with Crippen LogP contribution in [0.5, 0.6) is 5.75 Å². The molecule has 0 radical (unpaired) electrons. The summed E-state index contributed by atoms with van der Waals surface area (Å²) in [7, 11) is -1.80. The highest BCUT2D eigenvalue weighted by molar-refractivity contribution is 7.89. The minimum atomic E-state index is -3.49. The maximum absolute atomic E-state index is 12.8. The van der Waals surface area contributed by atoms with Gasteiger partial charge in [0.25, 0.3) is 0 Å². The molecule has 0 aromatic heterocycles. The first-order valence-electron chi connectivity index (χ1n) is 12.0. The second-order valence-corrected chi connectivity index (χ2v) is 10.8. The molecule has 0 unspecified atom stereocenters. The van der Waals surface area contributed by atoms with E-state index in [1.807, 2.05) is 25.1 Å². The number of methoxy groups -OCH3 is 1. The first-order chi connectivity index (χ1) is 16.0. The molecule has 1 N–H and O–H groups in total. The quantitative estimate of drug-likeness (QED) is 0.556. The Hall–Kier alpha value is -2.49. The van der Waals surface area contributed by atoms with Gasteiger partial charge in [0.2, 0.25) is 10.0 Å². The van der Waals surface area contributed by atoms with E-state index >= 15 is 0 Å². The normalized spacial score (nSPS) is 20.4. The van der Waals surface area contributed by atoms with Gasteiger partial charge in [-0.15, -0.1) is 0 Å². The third kappa shape index (κ3) is 5.05. The number of rotatable bonds is 8. The Labute approximate surface area is 198 Å². The lowest BCUT2D eigenvalue weighted by atomic mass is 9.83. The van der Waals surface area contributed by atoms with Gasteiger partial charge in [-0.05, 0) is 73.6 Å². The fourth-order valence-corrected chi connectivity index (χ4v) is 6.12. The molecule has 1 heterocycles. The number of unbranched alkanes of at least 4 members (excludes halogenated alkanes) is 1. The van der Waals surface area contributed by atoms with Crippen molar-refractivity contribution in [2.75, 3.05) is 7.11 Å². The third-order valence-corrected chi connectivity index (χ3v) is 8.37. The van der Waals surface area contributed by atoms with E-state index in [9.17, 15) is 8.42 Å². The summed E-state index contributed by atoms with van der Waals surface area (Å²) in [6.45, 7) is 4.09. The Morgan fingerprint density at radius 3 is 2.52 bits per heavy atom. The molecule has 6 heteroatoms. The largest absolute Gasteiger partial charge is 0.497 e. The van der Waals surface area contributed by atoms with E-state index in [0.717, 1.165) is 56.3 Å². The Morgan fingerprint density at radius 1 is 1.15 bits per heavy atom. The number of fused-ring (bicyclic) bond motifs is 1. The third-order valence-electron chi connectivity index (χ3n) is 6.84. The average Bonchev–Trinajstić information content (AvgIpc) is 2.80. The van der Waals surface area contributed by atoms with Crippen molar-refractivity contribution in [2.45, 2.75) is 81.8 Å². The van der Waals surface area contributed by atoms with Crippen molar-refractivity contribution >= 4 is 10.0 Å². The molecule has 2 aromatic carbocycles. The van der Waals surface area contributed by atoms with Crippen LogP contribution in [0.1, 0.15) is 75.1 Å². The molecule has 1 fully saturated rings. The number of sulfonamides is 1. The van der Waals surface area contributed by atoms with Gasteiger partial charge in [-0.3, -0.25) is 0 Å². The summed E-state index contributed by atoms with van der Waals surface area (Å²) >= 11 is 0. The topological polar surface area (TPSA) is 58.6 Å². The molecule has 176 valence electrons. The summed E-state index contributed by atoms with van der Waals surface area (Å²) in [5.74, 6) is 3.97. The van der Waals surface area contributed by atoms with Crippen LogP contribution in [0.3, 0.4) is 0 Å². The molecule has 0 amide bonds. The van der Waals surface area contributed by atoms with E-state index in [1.165, 1.54) is 11.1 Å². The lowest BCUT2D eigenvalue weighted by molar-refractivity contribution is 0.212. The Balaban J connectivity index is 1.71. The fourth-order valence-electron chi connectivity index (χ4n) is 4.81.